The van der Waals surface area contributed by atoms with Gasteiger partial charge < -0.3 is 15.7 Å². The number of carbonyl (C=O) groups is 3. The Bertz CT molecular complexity index is 350. The standard InChI is InChI=1S/C12H22N2O4S2/c1-7(2)10(13-8(3)15)5-19-20-6-11(12(17)18)14-9(4)16/h7,10-11H,5-6H2,1-4H3,(H,13,15)(H,14,16)(H,17,18)/t10-,11-/m0/s1. The van der Waals surface area contributed by atoms with Gasteiger partial charge in [0.15, 0.2) is 0 Å². The summed E-state index contributed by atoms with van der Waals surface area (Å²) in [5.41, 5.74) is 0. The summed E-state index contributed by atoms with van der Waals surface area (Å²) in [7, 11) is 2.87. The van der Waals surface area contributed by atoms with Crippen LogP contribution in [0.25, 0.3) is 0 Å². The smallest absolute Gasteiger partial charge is 0.327 e. The Morgan fingerprint density at radius 1 is 1.00 bits per heavy atom. The second-order valence-electron chi connectivity index (χ2n) is 4.71. The maximum atomic E-state index is 11.1. The lowest BCUT2D eigenvalue weighted by molar-refractivity contribution is -0.140. The molecule has 0 aromatic carbocycles. The van der Waals surface area contributed by atoms with E-state index in [-0.39, 0.29) is 23.6 Å². The molecule has 0 radical (unpaired) electrons. The summed E-state index contributed by atoms with van der Waals surface area (Å²) in [5, 5.41) is 14.2. The van der Waals surface area contributed by atoms with Crippen molar-refractivity contribution in [1.29, 1.82) is 0 Å². The highest BCUT2D eigenvalue weighted by molar-refractivity contribution is 8.76. The van der Waals surface area contributed by atoms with Gasteiger partial charge in [0.25, 0.3) is 0 Å². The van der Waals surface area contributed by atoms with E-state index in [2.05, 4.69) is 10.6 Å². The van der Waals surface area contributed by atoms with Crippen LogP contribution in [-0.4, -0.2) is 46.5 Å². The van der Waals surface area contributed by atoms with Gasteiger partial charge in [0, 0.05) is 31.4 Å². The van der Waals surface area contributed by atoms with Crippen LogP contribution >= 0.6 is 21.6 Å². The zero-order valence-corrected chi connectivity index (χ0v) is 13.8. The molecule has 0 unspecified atom stereocenters. The first-order valence-electron chi connectivity index (χ1n) is 6.25. The van der Waals surface area contributed by atoms with Gasteiger partial charge in [0.2, 0.25) is 11.8 Å². The predicted molar refractivity (Wildman–Crippen MR) is 82.6 cm³/mol. The van der Waals surface area contributed by atoms with Crippen LogP contribution in [0.3, 0.4) is 0 Å². The molecular weight excluding hydrogens is 300 g/mol. The Morgan fingerprint density at radius 3 is 1.90 bits per heavy atom. The number of carbonyl (C=O) groups excluding carboxylic acids is 2. The normalized spacial score (nSPS) is 13.7. The third-order valence-electron chi connectivity index (χ3n) is 2.43. The summed E-state index contributed by atoms with van der Waals surface area (Å²) in [4.78, 5) is 32.9. The maximum Gasteiger partial charge on any atom is 0.327 e. The fourth-order valence-electron chi connectivity index (χ4n) is 1.32. The maximum absolute atomic E-state index is 11.1. The van der Waals surface area contributed by atoms with Crippen molar-refractivity contribution in [3.8, 4) is 0 Å². The van der Waals surface area contributed by atoms with E-state index in [9.17, 15) is 14.4 Å². The summed E-state index contributed by atoms with van der Waals surface area (Å²) >= 11 is 0. The Labute approximate surface area is 127 Å². The molecule has 0 saturated heterocycles. The van der Waals surface area contributed by atoms with Crippen LogP contribution in [0.15, 0.2) is 0 Å². The minimum Gasteiger partial charge on any atom is -0.480 e. The lowest BCUT2D eigenvalue weighted by atomic mass is 10.1. The first-order valence-corrected chi connectivity index (χ1v) is 8.74. The van der Waals surface area contributed by atoms with Crippen LogP contribution < -0.4 is 10.6 Å². The summed E-state index contributed by atoms with van der Waals surface area (Å²) < 4.78 is 0. The molecule has 8 heteroatoms. The van der Waals surface area contributed by atoms with Crippen LogP contribution in [0.4, 0.5) is 0 Å². The number of carboxylic acid groups (broad SMARTS) is 1. The molecule has 2 amide bonds. The second-order valence-corrected chi connectivity index (χ2v) is 7.26. The molecule has 0 aromatic rings. The first-order chi connectivity index (χ1) is 9.23. The minimum atomic E-state index is -1.05. The highest BCUT2D eigenvalue weighted by Gasteiger charge is 2.19. The molecule has 0 fully saturated rings. The zero-order chi connectivity index (χ0) is 15.7. The number of carboxylic acids is 1. The van der Waals surface area contributed by atoms with Gasteiger partial charge in [0.05, 0.1) is 0 Å². The van der Waals surface area contributed by atoms with Gasteiger partial charge in [-0.25, -0.2) is 4.79 Å². The van der Waals surface area contributed by atoms with Gasteiger partial charge in [-0.15, -0.1) is 0 Å². The quantitative estimate of drug-likeness (QED) is 0.435. The molecule has 0 aromatic heterocycles. The molecule has 3 N–H and O–H groups in total. The predicted octanol–water partition coefficient (Wildman–Crippen LogP) is 1.12. The van der Waals surface area contributed by atoms with E-state index in [1.54, 1.807) is 0 Å². The third-order valence-corrected chi connectivity index (χ3v) is 4.88. The summed E-state index contributed by atoms with van der Waals surface area (Å²) in [5.74, 6) is -0.204. The number of rotatable bonds is 9. The van der Waals surface area contributed by atoms with Gasteiger partial charge >= 0.3 is 5.97 Å². The summed E-state index contributed by atoms with van der Waals surface area (Å²) in [6.45, 7) is 6.80. The highest BCUT2D eigenvalue weighted by Crippen LogP contribution is 2.24. The topological polar surface area (TPSA) is 95.5 Å². The van der Waals surface area contributed by atoms with E-state index in [0.29, 0.717) is 11.7 Å². The van der Waals surface area contributed by atoms with E-state index < -0.39 is 12.0 Å². The molecule has 116 valence electrons. The highest BCUT2D eigenvalue weighted by atomic mass is 33.1. The molecule has 0 spiro atoms. The van der Waals surface area contributed by atoms with Crippen molar-refractivity contribution in [2.75, 3.05) is 11.5 Å². The fraction of sp³-hybridized carbons (Fsp3) is 0.750. The van der Waals surface area contributed by atoms with Gasteiger partial charge in [-0.3, -0.25) is 9.59 Å². The molecule has 0 rings (SSSR count). The molecule has 0 aliphatic rings. The van der Waals surface area contributed by atoms with Crippen LogP contribution in [-0.2, 0) is 14.4 Å². The zero-order valence-electron chi connectivity index (χ0n) is 12.1. The van der Waals surface area contributed by atoms with Gasteiger partial charge in [-0.1, -0.05) is 35.4 Å². The van der Waals surface area contributed by atoms with E-state index in [4.69, 9.17) is 5.11 Å². The van der Waals surface area contributed by atoms with Crippen molar-refractivity contribution in [2.45, 2.75) is 39.8 Å². The molecule has 0 bridgehead atoms. The Balaban J connectivity index is 4.10. The largest absolute Gasteiger partial charge is 0.480 e. The van der Waals surface area contributed by atoms with Crippen molar-refractivity contribution >= 4 is 39.4 Å². The molecular formula is C12H22N2O4S2. The summed E-state index contributed by atoms with van der Waals surface area (Å²) in [6, 6.07) is -0.836. The van der Waals surface area contributed by atoms with Gasteiger partial charge in [-0.2, -0.15) is 0 Å². The average Bonchev–Trinajstić information content (AvgIpc) is 2.29. The number of amides is 2. The number of hydrogen-bond donors (Lipinski definition) is 3. The SMILES string of the molecule is CC(=O)N[C@@H](CSSC[C@H](NC(C)=O)C(C)C)C(=O)O. The Hall–Kier alpha value is -0.890. The second kappa shape index (κ2) is 9.93. The van der Waals surface area contributed by atoms with Crippen LogP contribution in [0.1, 0.15) is 27.7 Å². The summed E-state index contributed by atoms with van der Waals surface area (Å²) in [6.07, 6.45) is 0. The molecule has 0 aliphatic heterocycles. The Morgan fingerprint density at radius 2 is 1.50 bits per heavy atom. The molecule has 20 heavy (non-hydrogen) atoms. The lowest BCUT2D eigenvalue weighted by Gasteiger charge is -2.21. The third kappa shape index (κ3) is 9.08. The van der Waals surface area contributed by atoms with Crippen LogP contribution in [0, 0.1) is 5.92 Å². The number of nitrogens with one attached hydrogen (secondary N) is 2. The van der Waals surface area contributed by atoms with Crippen molar-refractivity contribution in [1.82, 2.24) is 10.6 Å². The lowest BCUT2D eigenvalue weighted by Crippen LogP contribution is -2.41. The minimum absolute atomic E-state index is 0.0500. The van der Waals surface area contributed by atoms with Crippen molar-refractivity contribution in [3.63, 3.8) is 0 Å². The van der Waals surface area contributed by atoms with Crippen molar-refractivity contribution in [3.05, 3.63) is 0 Å². The number of aliphatic carboxylic acids is 1. The Kier molecular flexibility index (Phi) is 9.49. The number of hydrogen-bond acceptors (Lipinski definition) is 5. The van der Waals surface area contributed by atoms with Gasteiger partial charge in [-0.05, 0) is 5.92 Å². The molecule has 0 heterocycles. The van der Waals surface area contributed by atoms with Crippen LogP contribution in [0.2, 0.25) is 0 Å². The van der Waals surface area contributed by atoms with E-state index >= 15 is 0 Å². The molecule has 0 saturated carbocycles. The van der Waals surface area contributed by atoms with E-state index in [1.807, 2.05) is 13.8 Å². The van der Waals surface area contributed by atoms with E-state index in [1.165, 1.54) is 35.4 Å². The van der Waals surface area contributed by atoms with Crippen molar-refractivity contribution in [2.24, 2.45) is 5.92 Å². The monoisotopic (exact) mass is 322 g/mol. The average molecular weight is 322 g/mol. The first kappa shape index (κ1) is 19.1. The fourth-order valence-corrected chi connectivity index (χ4v) is 3.91. The van der Waals surface area contributed by atoms with E-state index in [0.717, 1.165) is 0 Å². The van der Waals surface area contributed by atoms with Gasteiger partial charge in [0.1, 0.15) is 6.04 Å². The van der Waals surface area contributed by atoms with Crippen LogP contribution in [0.5, 0.6) is 0 Å². The molecule has 2 atom stereocenters. The molecule has 0 aliphatic carbocycles. The molecule has 6 nitrogen and oxygen atoms in total. The van der Waals surface area contributed by atoms with Crippen molar-refractivity contribution < 1.29 is 19.5 Å².